The number of hydrogen-bond acceptors (Lipinski definition) is 1. The molecule has 1 aromatic carbocycles. The number of fused-ring (bicyclic) bond motifs is 1. The van der Waals surface area contributed by atoms with Crippen LogP contribution >= 0.6 is 24.8 Å². The lowest BCUT2D eigenvalue weighted by molar-refractivity contribution is 1.22. The average Bonchev–Trinajstić information content (AvgIpc) is 2.28. The van der Waals surface area contributed by atoms with Crippen molar-refractivity contribution in [3.63, 3.8) is 0 Å². The summed E-state index contributed by atoms with van der Waals surface area (Å²) in [5.74, 6) is 0. The van der Waals surface area contributed by atoms with Gasteiger partial charge in [-0.2, -0.15) is 0 Å². The monoisotopic (exact) mass is 215 g/mol. The molecule has 1 aliphatic heterocycles. The Hall–Kier alpha value is -0.920. The lowest BCUT2D eigenvalue weighted by Crippen LogP contribution is -1.86. The van der Waals surface area contributed by atoms with Crippen LogP contribution in [0.25, 0.3) is 12.2 Å². The largest absolute Gasteiger partial charge is 0.368 e. The summed E-state index contributed by atoms with van der Waals surface area (Å²) in [4.78, 5) is 0. The minimum absolute atomic E-state index is 0. The second-order valence-corrected chi connectivity index (χ2v) is 2.46. The Morgan fingerprint density at radius 3 is 1.69 bits per heavy atom. The van der Waals surface area contributed by atoms with Gasteiger partial charge in [-0.1, -0.05) is 24.3 Å². The molecule has 0 fully saturated rings. The van der Waals surface area contributed by atoms with Crippen molar-refractivity contribution in [3.8, 4) is 0 Å². The highest BCUT2D eigenvalue weighted by molar-refractivity contribution is 5.85. The first-order chi connectivity index (χ1) is 5.47. The molecule has 13 heavy (non-hydrogen) atoms. The van der Waals surface area contributed by atoms with E-state index < -0.39 is 0 Å². The zero-order valence-electron chi connectivity index (χ0n) is 6.94. The Morgan fingerprint density at radius 2 is 1.23 bits per heavy atom. The molecule has 0 bridgehead atoms. The third kappa shape index (κ3) is 2.79. The molecular weight excluding hydrogens is 205 g/mol. The zero-order chi connectivity index (χ0) is 7.52. The van der Waals surface area contributed by atoms with E-state index in [0.717, 1.165) is 0 Å². The van der Waals surface area contributed by atoms with Gasteiger partial charge >= 0.3 is 0 Å². The quantitative estimate of drug-likeness (QED) is 0.702. The van der Waals surface area contributed by atoms with Gasteiger partial charge in [0.25, 0.3) is 0 Å². The molecule has 1 nitrogen and oxygen atoms in total. The maximum atomic E-state index is 3.03. The van der Waals surface area contributed by atoms with Crippen LogP contribution in [0.2, 0.25) is 0 Å². The number of nitrogens with one attached hydrogen (secondary N) is 1. The molecule has 1 N–H and O–H groups in total. The summed E-state index contributed by atoms with van der Waals surface area (Å²) in [6.07, 6.45) is 8.00. The first-order valence-corrected chi connectivity index (χ1v) is 3.65. The smallest absolute Gasteiger partial charge is 0.00106 e. The minimum Gasteiger partial charge on any atom is -0.368 e. The molecule has 0 saturated heterocycles. The Bertz CT molecular complexity index is 287. The second kappa shape index (κ2) is 5.68. The van der Waals surface area contributed by atoms with Crippen LogP contribution in [0.4, 0.5) is 0 Å². The van der Waals surface area contributed by atoms with E-state index >= 15 is 0 Å². The summed E-state index contributed by atoms with van der Waals surface area (Å²) >= 11 is 0. The Balaban J connectivity index is 0.000000720. The van der Waals surface area contributed by atoms with E-state index in [-0.39, 0.29) is 24.8 Å². The first kappa shape index (κ1) is 12.1. The number of halogens is 2. The van der Waals surface area contributed by atoms with E-state index in [1.807, 2.05) is 24.5 Å². The second-order valence-electron chi connectivity index (χ2n) is 2.46. The molecule has 0 aromatic heterocycles. The van der Waals surface area contributed by atoms with Crippen molar-refractivity contribution < 1.29 is 0 Å². The van der Waals surface area contributed by atoms with Crippen LogP contribution in [-0.4, -0.2) is 0 Å². The highest BCUT2D eigenvalue weighted by atomic mass is 35.5. The van der Waals surface area contributed by atoms with Crippen LogP contribution in [0.3, 0.4) is 0 Å². The van der Waals surface area contributed by atoms with Gasteiger partial charge in [0.1, 0.15) is 0 Å². The van der Waals surface area contributed by atoms with Crippen molar-refractivity contribution in [2.45, 2.75) is 0 Å². The summed E-state index contributed by atoms with van der Waals surface area (Å²) in [6, 6.07) is 8.29. The third-order valence-corrected chi connectivity index (χ3v) is 1.71. The van der Waals surface area contributed by atoms with Crippen LogP contribution in [0.15, 0.2) is 36.7 Å². The SMILES string of the molecule is C1=Cc2ccccc2C=CN1.Cl.Cl. The third-order valence-electron chi connectivity index (χ3n) is 1.71. The van der Waals surface area contributed by atoms with Gasteiger partial charge in [-0.3, -0.25) is 0 Å². The van der Waals surface area contributed by atoms with Crippen LogP contribution in [-0.2, 0) is 0 Å². The van der Waals surface area contributed by atoms with Crippen molar-refractivity contribution in [1.82, 2.24) is 5.32 Å². The molecule has 70 valence electrons. The Labute approximate surface area is 90.4 Å². The van der Waals surface area contributed by atoms with Gasteiger partial charge in [-0.05, 0) is 23.3 Å². The number of hydrogen-bond donors (Lipinski definition) is 1. The molecule has 1 aliphatic rings. The topological polar surface area (TPSA) is 12.0 Å². The summed E-state index contributed by atoms with van der Waals surface area (Å²) in [7, 11) is 0. The normalized spacial score (nSPS) is 11.4. The number of rotatable bonds is 0. The van der Waals surface area contributed by atoms with Crippen LogP contribution in [0, 0.1) is 0 Å². The van der Waals surface area contributed by atoms with E-state index in [0.29, 0.717) is 0 Å². The van der Waals surface area contributed by atoms with Gasteiger partial charge in [0.2, 0.25) is 0 Å². The van der Waals surface area contributed by atoms with Gasteiger partial charge in [0, 0.05) is 12.4 Å². The zero-order valence-corrected chi connectivity index (χ0v) is 8.57. The van der Waals surface area contributed by atoms with Crippen molar-refractivity contribution in [1.29, 1.82) is 0 Å². The van der Waals surface area contributed by atoms with Gasteiger partial charge in [0.05, 0.1) is 0 Å². The summed E-state index contributed by atoms with van der Waals surface area (Å²) in [5, 5.41) is 3.03. The number of benzene rings is 1. The molecule has 0 aliphatic carbocycles. The summed E-state index contributed by atoms with van der Waals surface area (Å²) in [6.45, 7) is 0. The first-order valence-electron chi connectivity index (χ1n) is 3.65. The molecule has 0 unspecified atom stereocenters. The molecule has 2 rings (SSSR count). The molecule has 1 aromatic rings. The summed E-state index contributed by atoms with van der Waals surface area (Å²) < 4.78 is 0. The van der Waals surface area contributed by atoms with E-state index in [4.69, 9.17) is 0 Å². The van der Waals surface area contributed by atoms with Gasteiger partial charge in [0.15, 0.2) is 0 Å². The van der Waals surface area contributed by atoms with Gasteiger partial charge in [-0.15, -0.1) is 24.8 Å². The van der Waals surface area contributed by atoms with Crippen LogP contribution in [0.1, 0.15) is 11.1 Å². The molecule has 1 heterocycles. The van der Waals surface area contributed by atoms with E-state index in [9.17, 15) is 0 Å². The maximum Gasteiger partial charge on any atom is 0.00106 e. The minimum atomic E-state index is 0. The molecule has 3 heteroatoms. The molecule has 0 spiro atoms. The van der Waals surface area contributed by atoms with Crippen molar-refractivity contribution in [2.75, 3.05) is 0 Å². The summed E-state index contributed by atoms with van der Waals surface area (Å²) in [5.41, 5.74) is 2.52. The predicted molar refractivity (Wildman–Crippen MR) is 62.1 cm³/mol. The van der Waals surface area contributed by atoms with E-state index in [1.54, 1.807) is 0 Å². The predicted octanol–water partition coefficient (Wildman–Crippen LogP) is 3.07. The lowest BCUT2D eigenvalue weighted by atomic mass is 10.1. The molecule has 0 atom stereocenters. The highest BCUT2D eigenvalue weighted by Crippen LogP contribution is 2.13. The standard InChI is InChI=1S/C10H9N.2ClH/c1-2-4-10-6-8-11-7-5-9(10)3-1;;/h1-8,11H;2*1H. The molecule has 0 radical (unpaired) electrons. The fraction of sp³-hybridized carbons (Fsp3) is 0. The fourth-order valence-electron chi connectivity index (χ4n) is 1.15. The Morgan fingerprint density at radius 1 is 0.769 bits per heavy atom. The van der Waals surface area contributed by atoms with E-state index in [2.05, 4.69) is 29.6 Å². The molecule has 0 saturated carbocycles. The average molecular weight is 216 g/mol. The molecule has 0 amide bonds. The van der Waals surface area contributed by atoms with Crippen LogP contribution in [0.5, 0.6) is 0 Å². The van der Waals surface area contributed by atoms with E-state index in [1.165, 1.54) is 11.1 Å². The van der Waals surface area contributed by atoms with Crippen LogP contribution < -0.4 is 5.32 Å². The van der Waals surface area contributed by atoms with Crippen molar-refractivity contribution in [2.24, 2.45) is 0 Å². The van der Waals surface area contributed by atoms with Gasteiger partial charge < -0.3 is 5.32 Å². The fourth-order valence-corrected chi connectivity index (χ4v) is 1.15. The Kier molecular flexibility index (Phi) is 5.28. The molecular formula is C10H11Cl2N. The van der Waals surface area contributed by atoms with Crippen molar-refractivity contribution >= 4 is 37.0 Å². The van der Waals surface area contributed by atoms with Crippen molar-refractivity contribution in [3.05, 3.63) is 47.8 Å². The lowest BCUT2D eigenvalue weighted by Gasteiger charge is -1.95. The van der Waals surface area contributed by atoms with Gasteiger partial charge in [-0.25, -0.2) is 0 Å². The highest BCUT2D eigenvalue weighted by Gasteiger charge is 1.94. The maximum absolute atomic E-state index is 3.03.